The van der Waals surface area contributed by atoms with Crippen molar-refractivity contribution in [2.24, 2.45) is 23.7 Å². The van der Waals surface area contributed by atoms with Crippen LogP contribution in [0.25, 0.3) is 0 Å². The van der Waals surface area contributed by atoms with Crippen LogP contribution in [0.15, 0.2) is 6.20 Å². The quantitative estimate of drug-likeness (QED) is 0.896. The van der Waals surface area contributed by atoms with Crippen molar-refractivity contribution >= 4 is 0 Å². The molecule has 4 fully saturated rings. The van der Waals surface area contributed by atoms with E-state index in [1.54, 1.807) is 12.1 Å². The first-order chi connectivity index (χ1) is 9.83. The lowest BCUT2D eigenvalue weighted by atomic mass is 9.54. The Bertz CT molecular complexity index is 504. The number of fused-ring (bicyclic) bond motifs is 1. The molecule has 1 atom stereocenters. The molecule has 0 radical (unpaired) electrons. The maximum atomic E-state index is 4.86. The van der Waals surface area contributed by atoms with Crippen molar-refractivity contribution < 1.29 is 0 Å². The normalized spacial score (nSPS) is 45.0. The van der Waals surface area contributed by atoms with Crippen molar-refractivity contribution in [2.75, 3.05) is 7.05 Å². The molecular formula is C17H25N3. The van der Waals surface area contributed by atoms with Crippen molar-refractivity contribution in [2.45, 2.75) is 57.0 Å². The summed E-state index contributed by atoms with van der Waals surface area (Å²) in [7, 11) is 2.08. The van der Waals surface area contributed by atoms with Crippen LogP contribution in [0.4, 0.5) is 0 Å². The van der Waals surface area contributed by atoms with E-state index in [0.29, 0.717) is 6.04 Å². The smallest absolute Gasteiger partial charge is 0.0579 e. The summed E-state index contributed by atoms with van der Waals surface area (Å²) in [5, 5.41) is 8.31. The Balaban J connectivity index is 1.52. The third-order valence-electron chi connectivity index (χ3n) is 6.78. The molecule has 0 amide bonds. The standard InChI is InChI=1S/C17H25N3/c1-18-15-2-3-16-14(15)9-19-20(16)17-12-5-10-4-11(7-12)8-13(17)6-10/h9-13,15,17-18H,2-8H2,1H3. The number of nitrogens with zero attached hydrogens (tertiary/aromatic N) is 2. The minimum Gasteiger partial charge on any atom is -0.313 e. The Labute approximate surface area is 121 Å². The highest BCUT2D eigenvalue weighted by molar-refractivity contribution is 5.28. The molecule has 1 heterocycles. The minimum absolute atomic E-state index is 0.551. The molecule has 0 aliphatic heterocycles. The number of rotatable bonds is 2. The first kappa shape index (κ1) is 11.8. The fraction of sp³-hybridized carbons (Fsp3) is 0.824. The first-order valence-electron chi connectivity index (χ1n) is 8.57. The van der Waals surface area contributed by atoms with E-state index in [0.717, 1.165) is 29.7 Å². The second kappa shape index (κ2) is 4.09. The van der Waals surface area contributed by atoms with Crippen LogP contribution in [0.3, 0.4) is 0 Å². The number of hydrogen-bond donors (Lipinski definition) is 1. The van der Waals surface area contributed by atoms with Gasteiger partial charge in [0.15, 0.2) is 0 Å². The molecule has 20 heavy (non-hydrogen) atoms. The largest absolute Gasteiger partial charge is 0.313 e. The van der Waals surface area contributed by atoms with Gasteiger partial charge in [-0.05, 0) is 75.7 Å². The molecule has 108 valence electrons. The monoisotopic (exact) mass is 271 g/mol. The van der Waals surface area contributed by atoms with Crippen LogP contribution in [0, 0.1) is 23.7 Å². The van der Waals surface area contributed by atoms with E-state index in [1.807, 2.05) is 0 Å². The number of aromatic nitrogens is 2. The number of hydrogen-bond acceptors (Lipinski definition) is 2. The molecule has 1 N–H and O–H groups in total. The van der Waals surface area contributed by atoms with E-state index >= 15 is 0 Å². The van der Waals surface area contributed by atoms with Crippen LogP contribution in [0.5, 0.6) is 0 Å². The summed E-state index contributed by atoms with van der Waals surface area (Å²) in [6, 6.07) is 1.29. The zero-order chi connectivity index (χ0) is 13.3. The van der Waals surface area contributed by atoms with Crippen molar-refractivity contribution in [1.82, 2.24) is 15.1 Å². The second-order valence-corrected chi connectivity index (χ2v) is 7.79. The maximum absolute atomic E-state index is 4.86. The Kier molecular flexibility index (Phi) is 2.41. The van der Waals surface area contributed by atoms with Crippen molar-refractivity contribution in [1.29, 1.82) is 0 Å². The van der Waals surface area contributed by atoms with Gasteiger partial charge in [0.2, 0.25) is 0 Å². The van der Waals surface area contributed by atoms with Gasteiger partial charge >= 0.3 is 0 Å². The van der Waals surface area contributed by atoms with Crippen molar-refractivity contribution in [3.05, 3.63) is 17.5 Å². The zero-order valence-corrected chi connectivity index (χ0v) is 12.4. The Morgan fingerprint density at radius 1 is 1.10 bits per heavy atom. The summed E-state index contributed by atoms with van der Waals surface area (Å²) in [5.74, 6) is 3.98. The Morgan fingerprint density at radius 3 is 2.45 bits per heavy atom. The van der Waals surface area contributed by atoms with Gasteiger partial charge in [0.05, 0.1) is 12.2 Å². The summed E-state index contributed by atoms with van der Waals surface area (Å²) in [6.45, 7) is 0. The van der Waals surface area contributed by atoms with Crippen LogP contribution in [-0.4, -0.2) is 16.8 Å². The number of nitrogens with one attached hydrogen (secondary N) is 1. The van der Waals surface area contributed by atoms with Gasteiger partial charge < -0.3 is 5.32 Å². The van der Waals surface area contributed by atoms with Crippen LogP contribution in [0.2, 0.25) is 0 Å². The van der Waals surface area contributed by atoms with Gasteiger partial charge in [-0.1, -0.05) is 0 Å². The molecule has 4 saturated carbocycles. The van der Waals surface area contributed by atoms with E-state index in [4.69, 9.17) is 5.10 Å². The van der Waals surface area contributed by atoms with E-state index in [-0.39, 0.29) is 0 Å². The molecule has 0 spiro atoms. The van der Waals surface area contributed by atoms with Gasteiger partial charge in [0.25, 0.3) is 0 Å². The third-order valence-corrected chi connectivity index (χ3v) is 6.78. The minimum atomic E-state index is 0.551. The SMILES string of the molecule is CNC1CCc2c1cnn2C1C2CC3CC(C2)CC1C3. The second-order valence-electron chi connectivity index (χ2n) is 7.79. The lowest BCUT2D eigenvalue weighted by Crippen LogP contribution is -2.46. The van der Waals surface area contributed by atoms with E-state index in [9.17, 15) is 0 Å². The predicted octanol–water partition coefficient (Wildman–Crippen LogP) is 3.09. The fourth-order valence-corrected chi connectivity index (χ4v) is 6.24. The van der Waals surface area contributed by atoms with Crippen molar-refractivity contribution in [3.63, 3.8) is 0 Å². The van der Waals surface area contributed by atoms with Gasteiger partial charge in [-0.3, -0.25) is 4.68 Å². The topological polar surface area (TPSA) is 29.9 Å². The highest BCUT2D eigenvalue weighted by Gasteiger charge is 2.50. The van der Waals surface area contributed by atoms with Gasteiger partial charge in [-0.2, -0.15) is 5.10 Å². The molecular weight excluding hydrogens is 246 g/mol. The maximum Gasteiger partial charge on any atom is 0.0579 e. The molecule has 3 nitrogen and oxygen atoms in total. The lowest BCUT2D eigenvalue weighted by Gasteiger charge is -2.54. The summed E-state index contributed by atoms with van der Waals surface area (Å²) in [5.41, 5.74) is 3.04. The van der Waals surface area contributed by atoms with Gasteiger partial charge in [0, 0.05) is 17.3 Å². The Morgan fingerprint density at radius 2 is 1.80 bits per heavy atom. The molecule has 6 rings (SSSR count). The molecule has 3 heteroatoms. The van der Waals surface area contributed by atoms with Crippen LogP contribution < -0.4 is 5.32 Å². The summed E-state index contributed by atoms with van der Waals surface area (Å²) < 4.78 is 2.49. The van der Waals surface area contributed by atoms with E-state index < -0.39 is 0 Å². The molecule has 4 bridgehead atoms. The molecule has 1 aromatic heterocycles. The predicted molar refractivity (Wildman–Crippen MR) is 78.4 cm³/mol. The summed E-state index contributed by atoms with van der Waals surface area (Å²) in [4.78, 5) is 0. The average molecular weight is 271 g/mol. The van der Waals surface area contributed by atoms with Gasteiger partial charge in [0.1, 0.15) is 0 Å². The molecule has 5 aliphatic carbocycles. The fourth-order valence-electron chi connectivity index (χ4n) is 6.24. The lowest BCUT2D eigenvalue weighted by molar-refractivity contribution is -0.0345. The van der Waals surface area contributed by atoms with E-state index in [2.05, 4.69) is 23.2 Å². The Hall–Kier alpha value is -0.830. The highest BCUT2D eigenvalue weighted by Crippen LogP contribution is 2.58. The molecule has 1 aromatic rings. The third kappa shape index (κ3) is 1.47. The summed E-state index contributed by atoms with van der Waals surface area (Å²) in [6.07, 6.45) is 12.1. The van der Waals surface area contributed by atoms with Gasteiger partial charge in [-0.25, -0.2) is 0 Å². The molecule has 1 unspecified atom stereocenters. The van der Waals surface area contributed by atoms with Crippen LogP contribution in [-0.2, 0) is 6.42 Å². The summed E-state index contributed by atoms with van der Waals surface area (Å²) >= 11 is 0. The van der Waals surface area contributed by atoms with E-state index in [1.165, 1.54) is 44.1 Å². The molecule has 0 aromatic carbocycles. The molecule has 5 aliphatic rings. The van der Waals surface area contributed by atoms with Crippen molar-refractivity contribution in [3.8, 4) is 0 Å². The van der Waals surface area contributed by atoms with Crippen LogP contribution in [0.1, 0.15) is 61.9 Å². The van der Waals surface area contributed by atoms with Gasteiger partial charge in [-0.15, -0.1) is 0 Å². The zero-order valence-electron chi connectivity index (χ0n) is 12.4. The van der Waals surface area contributed by atoms with Crippen LogP contribution >= 0.6 is 0 Å². The molecule has 0 saturated heterocycles. The highest BCUT2D eigenvalue weighted by atomic mass is 15.3. The first-order valence-corrected chi connectivity index (χ1v) is 8.57. The average Bonchev–Trinajstić information content (AvgIpc) is 3.00.